The number of nitrogens with two attached hydrogens (primary N) is 3. The molecular formula is C49H67N15O9. The minimum atomic E-state index is -1.62. The van der Waals surface area contributed by atoms with Crippen molar-refractivity contribution < 1.29 is 43.2 Å². The van der Waals surface area contributed by atoms with Crippen molar-refractivity contribution >= 4 is 70.0 Å². The minimum Gasteiger partial charge on any atom is -0.370 e. The molecule has 0 bridgehead atoms. The van der Waals surface area contributed by atoms with Gasteiger partial charge in [-0.3, -0.25) is 48.1 Å². The quantitative estimate of drug-likeness (QED) is 0.0357. The third-order valence-corrected chi connectivity index (χ3v) is 12.1. The Labute approximate surface area is 421 Å². The number of imidazole rings is 1. The van der Waals surface area contributed by atoms with Gasteiger partial charge < -0.3 is 69.7 Å². The van der Waals surface area contributed by atoms with Crippen LogP contribution in [0, 0.1) is 5.92 Å². The van der Waals surface area contributed by atoms with Gasteiger partial charge in [0, 0.05) is 68.3 Å². The SMILES string of the molecule is CC(=O)N[C@@H](CCCN=C(N)N)C(=O)N[C@H]1CC(=O)NCCCC[C@@H](C(N)=O)NC(=O)[C@H](Cc2c[nH]c3ccccc23)NC(=O)[C@H](C(C)C)NC(=O)[C@@H](Cc2ccccc2)NC(=O)[C@H](Cc2cnc[nH]2)NC1=O. The number of carbonyl (C=O) groups excluding carboxylic acids is 9. The number of amides is 9. The topological polar surface area (TPSA) is 385 Å². The molecule has 24 heteroatoms. The van der Waals surface area contributed by atoms with Crippen LogP contribution >= 0.6 is 0 Å². The molecule has 5 rings (SSSR count). The van der Waals surface area contributed by atoms with E-state index in [0.29, 0.717) is 16.8 Å². The number of H-pyrrole nitrogens is 2. The molecular weight excluding hydrogens is 943 g/mol. The van der Waals surface area contributed by atoms with Gasteiger partial charge in [0.05, 0.1) is 12.7 Å². The molecule has 0 saturated carbocycles. The first-order valence-corrected chi connectivity index (χ1v) is 24.1. The summed E-state index contributed by atoms with van der Waals surface area (Å²) < 4.78 is 0. The van der Waals surface area contributed by atoms with E-state index in [-0.39, 0.29) is 70.4 Å². The highest BCUT2D eigenvalue weighted by Crippen LogP contribution is 2.20. The number of benzene rings is 2. The Bertz CT molecular complexity index is 2580. The fourth-order valence-corrected chi connectivity index (χ4v) is 8.23. The maximum atomic E-state index is 14.6. The summed E-state index contributed by atoms with van der Waals surface area (Å²) in [5.41, 5.74) is 19.2. The number of hydrogen-bond donors (Lipinski definition) is 13. The number of nitrogens with one attached hydrogen (secondary N) is 10. The summed E-state index contributed by atoms with van der Waals surface area (Å²) in [6.45, 7) is 4.73. The van der Waals surface area contributed by atoms with E-state index in [1.54, 1.807) is 50.4 Å². The number of para-hydroxylation sites is 1. The molecule has 392 valence electrons. The second-order valence-corrected chi connectivity index (χ2v) is 18.2. The molecule has 0 spiro atoms. The fraction of sp³-hybridized carbons (Fsp3) is 0.449. The molecule has 4 aromatic rings. The van der Waals surface area contributed by atoms with Crippen molar-refractivity contribution in [2.75, 3.05) is 13.1 Å². The van der Waals surface area contributed by atoms with Gasteiger partial charge in [-0.1, -0.05) is 62.4 Å². The number of nitrogens with zero attached hydrogens (tertiary/aromatic N) is 2. The summed E-state index contributed by atoms with van der Waals surface area (Å²) >= 11 is 0. The van der Waals surface area contributed by atoms with E-state index in [1.165, 1.54) is 19.4 Å². The van der Waals surface area contributed by atoms with Crippen LogP contribution in [-0.2, 0) is 62.4 Å². The smallest absolute Gasteiger partial charge is 0.243 e. The fourth-order valence-electron chi connectivity index (χ4n) is 8.23. The number of primary amides is 1. The first-order chi connectivity index (χ1) is 34.9. The summed E-state index contributed by atoms with van der Waals surface area (Å²) in [4.78, 5) is 139. The van der Waals surface area contributed by atoms with E-state index in [1.807, 2.05) is 24.3 Å². The Hall–Kier alpha value is -8.31. The van der Waals surface area contributed by atoms with Gasteiger partial charge in [-0.15, -0.1) is 0 Å². The molecule has 0 radical (unpaired) electrons. The number of aliphatic imine (C=N–C) groups is 1. The van der Waals surface area contributed by atoms with Crippen LogP contribution in [0.3, 0.4) is 0 Å². The molecule has 7 atom stereocenters. The molecule has 73 heavy (non-hydrogen) atoms. The highest BCUT2D eigenvalue weighted by atomic mass is 16.2. The number of rotatable bonds is 15. The summed E-state index contributed by atoms with van der Waals surface area (Å²) in [6.07, 6.45) is 4.43. The van der Waals surface area contributed by atoms with Gasteiger partial charge in [0.25, 0.3) is 0 Å². The largest absolute Gasteiger partial charge is 0.370 e. The Morgan fingerprint density at radius 3 is 2.11 bits per heavy atom. The van der Waals surface area contributed by atoms with Crippen molar-refractivity contribution in [3.05, 3.63) is 90.1 Å². The zero-order chi connectivity index (χ0) is 53.0. The van der Waals surface area contributed by atoms with E-state index in [9.17, 15) is 43.2 Å². The van der Waals surface area contributed by atoms with Crippen LogP contribution in [0.25, 0.3) is 10.9 Å². The lowest BCUT2D eigenvalue weighted by Gasteiger charge is -2.29. The van der Waals surface area contributed by atoms with E-state index < -0.39 is 108 Å². The number of hydrogen-bond acceptors (Lipinski definition) is 11. The number of fused-ring (bicyclic) bond motifs is 1. The zero-order valence-corrected chi connectivity index (χ0v) is 41.1. The third kappa shape index (κ3) is 17.5. The average molecular weight is 1010 g/mol. The van der Waals surface area contributed by atoms with Gasteiger partial charge in [-0.25, -0.2) is 4.98 Å². The first-order valence-electron chi connectivity index (χ1n) is 24.1. The van der Waals surface area contributed by atoms with Gasteiger partial charge in [0.1, 0.15) is 42.3 Å². The number of carbonyl (C=O) groups is 9. The minimum absolute atomic E-state index is 0.0250. The summed E-state index contributed by atoms with van der Waals surface area (Å²) in [7, 11) is 0. The van der Waals surface area contributed by atoms with Crippen molar-refractivity contribution in [1.29, 1.82) is 0 Å². The molecule has 1 aliphatic rings. The van der Waals surface area contributed by atoms with E-state index >= 15 is 0 Å². The molecule has 2 aromatic carbocycles. The standard InChI is InChI=1S/C49H67N15O9/c1-27(2)41-48(73)63-37(21-30-24-56-33-15-8-7-14-32(30)33)44(69)59-34(42(50)67)16-9-10-18-54-40(66)23-39(62-43(68)35(58-28(3)65)17-11-19-55-49(51)52)46(71)61-38(22-31-25-53-26-57-31)45(70)60-36(47(72)64-41)20-29-12-5-4-6-13-29/h4-8,12-15,24-27,34-39,41,56H,9-11,16-23H2,1-3H3,(H2,50,67)(H,53,57)(H,54,66)(H,58,65)(H,59,69)(H,60,70)(H,61,71)(H,62,68)(H,63,73)(H,64,72)(H4,51,52,55)/t34-,35-,36+,37-,38-,39-,41-/m0/s1. The van der Waals surface area contributed by atoms with E-state index in [0.717, 1.165) is 10.9 Å². The number of aromatic nitrogens is 3. The van der Waals surface area contributed by atoms with Crippen molar-refractivity contribution in [1.82, 2.24) is 57.5 Å². The normalized spacial score (nSPS) is 21.5. The zero-order valence-electron chi connectivity index (χ0n) is 41.1. The number of aromatic amines is 2. The lowest BCUT2D eigenvalue weighted by Crippen LogP contribution is -2.61. The first kappa shape index (κ1) is 55.6. The Morgan fingerprint density at radius 2 is 1.42 bits per heavy atom. The van der Waals surface area contributed by atoms with Crippen LogP contribution < -0.4 is 59.7 Å². The van der Waals surface area contributed by atoms with Gasteiger partial charge in [0.2, 0.25) is 53.2 Å². The molecule has 1 aliphatic heterocycles. The van der Waals surface area contributed by atoms with Crippen LogP contribution in [-0.4, -0.2) is 129 Å². The molecule has 2 aromatic heterocycles. The van der Waals surface area contributed by atoms with E-state index in [2.05, 4.69) is 62.5 Å². The highest BCUT2D eigenvalue weighted by molar-refractivity contribution is 5.99. The Balaban J connectivity index is 1.52. The second-order valence-electron chi connectivity index (χ2n) is 18.2. The third-order valence-electron chi connectivity index (χ3n) is 12.1. The van der Waals surface area contributed by atoms with Crippen LogP contribution in [0.15, 0.2) is 78.3 Å². The van der Waals surface area contributed by atoms with Crippen molar-refractivity contribution in [2.24, 2.45) is 28.1 Å². The van der Waals surface area contributed by atoms with Crippen molar-refractivity contribution in [3.8, 4) is 0 Å². The lowest BCUT2D eigenvalue weighted by atomic mass is 9.99. The highest BCUT2D eigenvalue weighted by Gasteiger charge is 2.36. The summed E-state index contributed by atoms with van der Waals surface area (Å²) in [6, 6.07) is 6.73. The maximum Gasteiger partial charge on any atom is 0.243 e. The van der Waals surface area contributed by atoms with Crippen molar-refractivity contribution in [3.63, 3.8) is 0 Å². The van der Waals surface area contributed by atoms with Crippen LogP contribution in [0.1, 0.15) is 76.1 Å². The van der Waals surface area contributed by atoms with Crippen LogP contribution in [0.2, 0.25) is 0 Å². The summed E-state index contributed by atoms with van der Waals surface area (Å²) in [5.74, 6) is -7.72. The predicted molar refractivity (Wildman–Crippen MR) is 269 cm³/mol. The van der Waals surface area contributed by atoms with Gasteiger partial charge in [0.15, 0.2) is 5.96 Å². The monoisotopic (exact) mass is 1010 g/mol. The Morgan fingerprint density at radius 1 is 0.767 bits per heavy atom. The maximum absolute atomic E-state index is 14.6. The molecule has 0 unspecified atom stereocenters. The molecule has 3 heterocycles. The molecule has 0 aliphatic carbocycles. The molecule has 9 amide bonds. The number of guanidine groups is 1. The van der Waals surface area contributed by atoms with Crippen molar-refractivity contribution in [2.45, 2.75) is 121 Å². The predicted octanol–water partition coefficient (Wildman–Crippen LogP) is -1.78. The molecule has 1 saturated heterocycles. The molecule has 16 N–H and O–H groups in total. The second kappa shape index (κ2) is 27.3. The van der Waals surface area contributed by atoms with Crippen LogP contribution in [0.4, 0.5) is 0 Å². The van der Waals surface area contributed by atoms with Gasteiger partial charge in [-0.05, 0) is 55.2 Å². The summed E-state index contributed by atoms with van der Waals surface area (Å²) in [5, 5.41) is 22.3. The average Bonchev–Trinajstić information content (AvgIpc) is 4.02. The van der Waals surface area contributed by atoms with E-state index in [4.69, 9.17) is 17.2 Å². The lowest BCUT2D eigenvalue weighted by molar-refractivity contribution is -0.136. The Kier molecular flexibility index (Phi) is 20.8. The molecule has 1 fully saturated rings. The molecule has 24 nitrogen and oxygen atoms in total. The van der Waals surface area contributed by atoms with Gasteiger partial charge in [-0.2, -0.15) is 0 Å². The van der Waals surface area contributed by atoms with Gasteiger partial charge >= 0.3 is 0 Å². The van der Waals surface area contributed by atoms with Crippen LogP contribution in [0.5, 0.6) is 0 Å².